The molecule has 1 aliphatic heterocycles. The minimum absolute atomic E-state index is 0.0463. The number of carbonyl (C=O) groups excluding carboxylic acids is 1. The zero-order chi connectivity index (χ0) is 15.4. The molecule has 1 atom stereocenters. The maximum Gasteiger partial charge on any atom is 0.222 e. The minimum atomic E-state index is -0.209. The van der Waals surface area contributed by atoms with Crippen LogP contribution in [0.5, 0.6) is 0 Å². The molecular formula is C17H23N3O. The molecule has 0 radical (unpaired) electrons. The molecule has 21 heavy (non-hydrogen) atoms. The third-order valence-electron chi connectivity index (χ3n) is 3.88. The van der Waals surface area contributed by atoms with Crippen LogP contribution in [-0.4, -0.2) is 24.0 Å². The molecule has 112 valence electrons. The van der Waals surface area contributed by atoms with Crippen molar-refractivity contribution in [1.82, 2.24) is 4.98 Å². The Labute approximate surface area is 126 Å². The lowest BCUT2D eigenvalue weighted by Crippen LogP contribution is -2.27. The minimum Gasteiger partial charge on any atom is -0.369 e. The van der Waals surface area contributed by atoms with Gasteiger partial charge in [0.2, 0.25) is 5.91 Å². The molecule has 1 fully saturated rings. The molecule has 1 saturated heterocycles. The third kappa shape index (κ3) is 3.15. The van der Waals surface area contributed by atoms with E-state index in [4.69, 9.17) is 5.73 Å². The Morgan fingerprint density at radius 1 is 1.38 bits per heavy atom. The van der Waals surface area contributed by atoms with E-state index >= 15 is 0 Å². The van der Waals surface area contributed by atoms with Crippen LogP contribution >= 0.6 is 0 Å². The number of amides is 1. The van der Waals surface area contributed by atoms with Crippen molar-refractivity contribution in [2.45, 2.75) is 27.2 Å². The van der Waals surface area contributed by atoms with E-state index in [1.54, 1.807) is 0 Å². The van der Waals surface area contributed by atoms with E-state index < -0.39 is 0 Å². The standard InChI is InChI=1S/C15H17N3O.C2H6/c1-10-3-2-4-11-7-14(17-8-13(10)11)18-6-5-12(9-18)15(16)19;1-2/h2-4,7-8,12H,5-6,9H2,1H3,(H2,16,19);1-2H3. The van der Waals surface area contributed by atoms with Gasteiger partial charge in [-0.05, 0) is 30.4 Å². The molecule has 1 aromatic carbocycles. The number of fused-ring (bicyclic) bond motifs is 1. The van der Waals surface area contributed by atoms with Crippen LogP contribution in [0.15, 0.2) is 30.5 Å². The van der Waals surface area contributed by atoms with Gasteiger partial charge in [0, 0.05) is 24.7 Å². The Kier molecular flexibility index (Phi) is 4.78. The highest BCUT2D eigenvalue weighted by Crippen LogP contribution is 2.26. The van der Waals surface area contributed by atoms with Crippen molar-refractivity contribution in [3.63, 3.8) is 0 Å². The van der Waals surface area contributed by atoms with Crippen LogP contribution in [0, 0.1) is 12.8 Å². The lowest BCUT2D eigenvalue weighted by Gasteiger charge is -2.17. The smallest absolute Gasteiger partial charge is 0.222 e. The van der Waals surface area contributed by atoms with Gasteiger partial charge in [0.1, 0.15) is 5.82 Å². The fourth-order valence-electron chi connectivity index (χ4n) is 2.69. The first-order valence-electron chi connectivity index (χ1n) is 7.55. The molecule has 1 aromatic heterocycles. The molecule has 0 saturated carbocycles. The average molecular weight is 285 g/mol. The van der Waals surface area contributed by atoms with Gasteiger partial charge in [0.15, 0.2) is 0 Å². The van der Waals surface area contributed by atoms with Gasteiger partial charge >= 0.3 is 0 Å². The summed E-state index contributed by atoms with van der Waals surface area (Å²) in [5, 5.41) is 2.37. The van der Waals surface area contributed by atoms with Crippen LogP contribution in [0.2, 0.25) is 0 Å². The summed E-state index contributed by atoms with van der Waals surface area (Å²) in [5.41, 5.74) is 6.59. The molecule has 4 heteroatoms. The lowest BCUT2D eigenvalue weighted by atomic mass is 10.1. The van der Waals surface area contributed by atoms with Gasteiger partial charge in [-0.1, -0.05) is 32.0 Å². The van der Waals surface area contributed by atoms with Crippen molar-refractivity contribution < 1.29 is 4.79 Å². The van der Waals surface area contributed by atoms with Gasteiger partial charge in [-0.25, -0.2) is 4.98 Å². The first-order valence-corrected chi connectivity index (χ1v) is 7.55. The molecule has 1 amide bonds. The van der Waals surface area contributed by atoms with E-state index in [9.17, 15) is 4.79 Å². The van der Waals surface area contributed by atoms with Crippen molar-refractivity contribution in [2.24, 2.45) is 11.7 Å². The zero-order valence-electron chi connectivity index (χ0n) is 13.0. The average Bonchev–Trinajstić information content (AvgIpc) is 2.99. The molecule has 4 nitrogen and oxygen atoms in total. The van der Waals surface area contributed by atoms with Crippen LogP contribution in [0.25, 0.3) is 10.8 Å². The molecular weight excluding hydrogens is 262 g/mol. The zero-order valence-corrected chi connectivity index (χ0v) is 13.0. The van der Waals surface area contributed by atoms with E-state index in [1.807, 2.05) is 20.0 Å². The summed E-state index contributed by atoms with van der Waals surface area (Å²) in [6, 6.07) is 8.32. The van der Waals surface area contributed by atoms with E-state index in [0.29, 0.717) is 6.54 Å². The molecule has 2 aromatic rings. The van der Waals surface area contributed by atoms with Crippen LogP contribution < -0.4 is 10.6 Å². The first-order chi connectivity index (χ1) is 10.1. The maximum atomic E-state index is 11.2. The summed E-state index contributed by atoms with van der Waals surface area (Å²) in [7, 11) is 0. The molecule has 2 N–H and O–H groups in total. The number of nitrogens with zero attached hydrogens (tertiary/aromatic N) is 2. The second-order valence-corrected chi connectivity index (χ2v) is 5.17. The second kappa shape index (κ2) is 6.57. The normalized spacial score (nSPS) is 17.5. The van der Waals surface area contributed by atoms with Crippen LogP contribution in [0.4, 0.5) is 5.82 Å². The molecule has 1 unspecified atom stereocenters. The number of nitrogens with two attached hydrogens (primary N) is 1. The largest absolute Gasteiger partial charge is 0.369 e. The Morgan fingerprint density at radius 3 is 2.81 bits per heavy atom. The number of benzene rings is 1. The highest BCUT2D eigenvalue weighted by atomic mass is 16.1. The Morgan fingerprint density at radius 2 is 2.14 bits per heavy atom. The predicted molar refractivity (Wildman–Crippen MR) is 87.3 cm³/mol. The van der Waals surface area contributed by atoms with Crippen molar-refractivity contribution in [3.8, 4) is 0 Å². The van der Waals surface area contributed by atoms with Gasteiger partial charge in [-0.15, -0.1) is 0 Å². The number of rotatable bonds is 2. The van der Waals surface area contributed by atoms with E-state index in [2.05, 4.69) is 41.1 Å². The monoisotopic (exact) mass is 285 g/mol. The summed E-state index contributed by atoms with van der Waals surface area (Å²) in [6.07, 6.45) is 2.74. The van der Waals surface area contributed by atoms with Gasteiger partial charge in [-0.2, -0.15) is 0 Å². The Bertz CT molecular complexity index is 639. The summed E-state index contributed by atoms with van der Waals surface area (Å²) >= 11 is 0. The van der Waals surface area contributed by atoms with Crippen LogP contribution in [0.1, 0.15) is 25.8 Å². The van der Waals surface area contributed by atoms with E-state index in [1.165, 1.54) is 16.3 Å². The number of aryl methyl sites for hydroxylation is 1. The third-order valence-corrected chi connectivity index (χ3v) is 3.88. The molecule has 0 aliphatic carbocycles. The summed E-state index contributed by atoms with van der Waals surface area (Å²) in [4.78, 5) is 17.9. The van der Waals surface area contributed by atoms with Crippen molar-refractivity contribution in [2.75, 3.05) is 18.0 Å². The number of primary amides is 1. The van der Waals surface area contributed by atoms with Crippen molar-refractivity contribution in [1.29, 1.82) is 0 Å². The van der Waals surface area contributed by atoms with Gasteiger partial charge in [-0.3, -0.25) is 4.79 Å². The first kappa shape index (κ1) is 15.3. The second-order valence-electron chi connectivity index (χ2n) is 5.17. The Balaban J connectivity index is 0.000000774. The highest BCUT2D eigenvalue weighted by Gasteiger charge is 2.27. The maximum absolute atomic E-state index is 11.2. The van der Waals surface area contributed by atoms with E-state index in [0.717, 1.165) is 18.8 Å². The molecule has 2 heterocycles. The lowest BCUT2D eigenvalue weighted by molar-refractivity contribution is -0.121. The number of pyridine rings is 1. The number of hydrogen-bond acceptors (Lipinski definition) is 3. The molecule has 0 bridgehead atoms. The molecule has 3 rings (SSSR count). The van der Waals surface area contributed by atoms with E-state index in [-0.39, 0.29) is 11.8 Å². The number of anilines is 1. The van der Waals surface area contributed by atoms with Gasteiger partial charge < -0.3 is 10.6 Å². The fraction of sp³-hybridized carbons (Fsp3) is 0.412. The quantitative estimate of drug-likeness (QED) is 0.923. The number of aromatic nitrogens is 1. The predicted octanol–water partition coefficient (Wildman–Crippen LogP) is 2.88. The SMILES string of the molecule is CC.Cc1cccc2cc(N3CCC(C(N)=O)C3)ncc12. The van der Waals surface area contributed by atoms with Crippen molar-refractivity contribution in [3.05, 3.63) is 36.0 Å². The van der Waals surface area contributed by atoms with Crippen LogP contribution in [-0.2, 0) is 4.79 Å². The number of hydrogen-bond donors (Lipinski definition) is 1. The summed E-state index contributed by atoms with van der Waals surface area (Å²) in [5.74, 6) is 0.677. The number of carbonyl (C=O) groups is 1. The van der Waals surface area contributed by atoms with Crippen LogP contribution in [0.3, 0.4) is 0 Å². The van der Waals surface area contributed by atoms with Crippen molar-refractivity contribution >= 4 is 22.5 Å². The summed E-state index contributed by atoms with van der Waals surface area (Å²) < 4.78 is 0. The Hall–Kier alpha value is -2.10. The topological polar surface area (TPSA) is 59.2 Å². The molecule has 1 aliphatic rings. The molecule has 0 spiro atoms. The fourth-order valence-corrected chi connectivity index (χ4v) is 2.69. The van der Waals surface area contributed by atoms with Gasteiger partial charge in [0.25, 0.3) is 0 Å². The van der Waals surface area contributed by atoms with Gasteiger partial charge in [0.05, 0.1) is 5.92 Å². The highest BCUT2D eigenvalue weighted by molar-refractivity contribution is 5.87. The summed E-state index contributed by atoms with van der Waals surface area (Å²) in [6.45, 7) is 7.61.